The molecule has 0 aliphatic heterocycles. The Bertz CT molecular complexity index is 357. The first-order valence-electron chi connectivity index (χ1n) is 5.68. The monoisotopic (exact) mass is 208 g/mol. The van der Waals surface area contributed by atoms with Crippen molar-refractivity contribution in [2.75, 3.05) is 0 Å². The molecule has 0 bridgehead atoms. The third kappa shape index (κ3) is 1.78. The molecule has 84 valence electrons. The lowest BCUT2D eigenvalue weighted by atomic mass is 9.76. The van der Waals surface area contributed by atoms with Crippen LogP contribution in [-0.4, -0.2) is 14.8 Å². The van der Waals surface area contributed by atoms with Crippen molar-refractivity contribution in [3.63, 3.8) is 0 Å². The van der Waals surface area contributed by atoms with Gasteiger partial charge in [-0.3, -0.25) is 0 Å². The smallest absolute Gasteiger partial charge is 0.152 e. The number of aromatic nitrogens is 3. The second kappa shape index (κ2) is 3.59. The number of nitrogens with two attached hydrogens (primary N) is 1. The van der Waals surface area contributed by atoms with Crippen molar-refractivity contribution in [2.45, 2.75) is 45.1 Å². The molecule has 0 saturated heterocycles. The molecule has 0 amide bonds. The summed E-state index contributed by atoms with van der Waals surface area (Å²) in [7, 11) is 2.00. The zero-order valence-corrected chi connectivity index (χ0v) is 9.82. The third-order valence-corrected chi connectivity index (χ3v) is 3.57. The van der Waals surface area contributed by atoms with Crippen molar-refractivity contribution < 1.29 is 0 Å². The first-order chi connectivity index (χ1) is 7.03. The molecule has 0 aromatic carbocycles. The first kappa shape index (κ1) is 10.6. The third-order valence-electron chi connectivity index (χ3n) is 3.57. The van der Waals surface area contributed by atoms with E-state index in [0.29, 0.717) is 5.92 Å². The molecule has 1 heterocycles. The molecule has 2 unspecified atom stereocenters. The Labute approximate surface area is 90.9 Å². The summed E-state index contributed by atoms with van der Waals surface area (Å²) in [6.07, 6.45) is 4.54. The summed E-state index contributed by atoms with van der Waals surface area (Å²) in [4.78, 5) is 0. The van der Waals surface area contributed by atoms with Crippen molar-refractivity contribution in [1.29, 1.82) is 0 Å². The highest BCUT2D eigenvalue weighted by atomic mass is 15.3. The van der Waals surface area contributed by atoms with E-state index in [4.69, 9.17) is 5.73 Å². The van der Waals surface area contributed by atoms with Crippen LogP contribution >= 0.6 is 0 Å². The van der Waals surface area contributed by atoms with Crippen LogP contribution in [0, 0.1) is 12.8 Å². The molecule has 0 radical (unpaired) electrons. The Morgan fingerprint density at radius 2 is 2.20 bits per heavy atom. The summed E-state index contributed by atoms with van der Waals surface area (Å²) in [5.74, 6) is 2.58. The van der Waals surface area contributed by atoms with Gasteiger partial charge >= 0.3 is 0 Å². The standard InChI is InChI=1S/C11H20N4/c1-8-5-4-6-11(12,7-8)10-14-13-9(2)15(10)3/h8H,4-7,12H2,1-3H3. The van der Waals surface area contributed by atoms with E-state index in [1.165, 1.54) is 12.8 Å². The van der Waals surface area contributed by atoms with Crippen molar-refractivity contribution >= 4 is 0 Å². The van der Waals surface area contributed by atoms with E-state index in [1.807, 2.05) is 18.5 Å². The highest BCUT2D eigenvalue weighted by Crippen LogP contribution is 2.36. The number of hydrogen-bond acceptors (Lipinski definition) is 3. The lowest BCUT2D eigenvalue weighted by molar-refractivity contribution is 0.223. The first-order valence-corrected chi connectivity index (χ1v) is 5.68. The lowest BCUT2D eigenvalue weighted by Gasteiger charge is -2.35. The molecule has 1 aromatic heterocycles. The fraction of sp³-hybridized carbons (Fsp3) is 0.818. The van der Waals surface area contributed by atoms with E-state index >= 15 is 0 Å². The molecular formula is C11H20N4. The van der Waals surface area contributed by atoms with Gasteiger partial charge in [-0.25, -0.2) is 0 Å². The summed E-state index contributed by atoms with van der Waals surface area (Å²) in [5, 5.41) is 8.33. The van der Waals surface area contributed by atoms with Gasteiger partial charge in [-0.05, 0) is 25.7 Å². The predicted octanol–water partition coefficient (Wildman–Crippen LogP) is 1.49. The minimum atomic E-state index is -0.256. The Kier molecular flexibility index (Phi) is 2.54. The summed E-state index contributed by atoms with van der Waals surface area (Å²) in [6.45, 7) is 4.23. The zero-order valence-electron chi connectivity index (χ0n) is 9.82. The number of nitrogens with zero attached hydrogens (tertiary/aromatic N) is 3. The highest BCUT2D eigenvalue weighted by Gasteiger charge is 2.36. The van der Waals surface area contributed by atoms with Gasteiger partial charge in [0.25, 0.3) is 0 Å². The maximum atomic E-state index is 6.46. The minimum absolute atomic E-state index is 0.256. The summed E-state index contributed by atoms with van der Waals surface area (Å²) in [5.41, 5.74) is 6.21. The number of rotatable bonds is 1. The molecule has 15 heavy (non-hydrogen) atoms. The van der Waals surface area contributed by atoms with Gasteiger partial charge in [0.15, 0.2) is 5.82 Å². The maximum absolute atomic E-state index is 6.46. The van der Waals surface area contributed by atoms with Crippen LogP contribution in [0.4, 0.5) is 0 Å². The van der Waals surface area contributed by atoms with Crippen LogP contribution in [0.25, 0.3) is 0 Å². The van der Waals surface area contributed by atoms with Crippen molar-refractivity contribution in [1.82, 2.24) is 14.8 Å². The average molecular weight is 208 g/mol. The molecule has 4 nitrogen and oxygen atoms in total. The summed E-state index contributed by atoms with van der Waals surface area (Å²) in [6, 6.07) is 0. The fourth-order valence-electron chi connectivity index (χ4n) is 2.64. The van der Waals surface area contributed by atoms with Gasteiger partial charge in [0.05, 0.1) is 5.54 Å². The molecule has 0 spiro atoms. The SMILES string of the molecule is Cc1nnc(C2(N)CCCC(C)C2)n1C. The average Bonchev–Trinajstić information content (AvgIpc) is 2.47. The second-order valence-electron chi connectivity index (χ2n) is 4.99. The fourth-order valence-corrected chi connectivity index (χ4v) is 2.64. The van der Waals surface area contributed by atoms with Crippen molar-refractivity contribution in [2.24, 2.45) is 18.7 Å². The van der Waals surface area contributed by atoms with E-state index < -0.39 is 0 Å². The normalized spacial score (nSPS) is 31.9. The molecule has 1 aliphatic carbocycles. The molecule has 4 heteroatoms. The van der Waals surface area contributed by atoms with Gasteiger partial charge in [-0.15, -0.1) is 10.2 Å². The van der Waals surface area contributed by atoms with Gasteiger partial charge in [0.2, 0.25) is 0 Å². The van der Waals surface area contributed by atoms with Gasteiger partial charge in [-0.1, -0.05) is 19.8 Å². The Balaban J connectivity index is 2.32. The van der Waals surface area contributed by atoms with Crippen LogP contribution in [0.2, 0.25) is 0 Å². The van der Waals surface area contributed by atoms with Crippen LogP contribution in [-0.2, 0) is 12.6 Å². The summed E-state index contributed by atoms with van der Waals surface area (Å²) >= 11 is 0. The van der Waals surface area contributed by atoms with Crippen LogP contribution in [0.1, 0.15) is 44.3 Å². The van der Waals surface area contributed by atoms with Gasteiger partial charge in [-0.2, -0.15) is 0 Å². The number of hydrogen-bond donors (Lipinski definition) is 1. The van der Waals surface area contributed by atoms with Crippen LogP contribution in [0.5, 0.6) is 0 Å². The molecule has 1 aromatic rings. The van der Waals surface area contributed by atoms with Gasteiger partial charge in [0, 0.05) is 7.05 Å². The quantitative estimate of drug-likeness (QED) is 0.760. The maximum Gasteiger partial charge on any atom is 0.152 e. The van der Waals surface area contributed by atoms with Crippen molar-refractivity contribution in [3.8, 4) is 0 Å². The van der Waals surface area contributed by atoms with Crippen molar-refractivity contribution in [3.05, 3.63) is 11.6 Å². The predicted molar refractivity (Wildman–Crippen MR) is 59.2 cm³/mol. The Hall–Kier alpha value is -0.900. The Morgan fingerprint density at radius 1 is 1.47 bits per heavy atom. The van der Waals surface area contributed by atoms with E-state index in [2.05, 4.69) is 17.1 Å². The van der Waals surface area contributed by atoms with E-state index in [-0.39, 0.29) is 5.54 Å². The van der Waals surface area contributed by atoms with E-state index in [1.54, 1.807) is 0 Å². The van der Waals surface area contributed by atoms with E-state index in [0.717, 1.165) is 24.5 Å². The lowest BCUT2D eigenvalue weighted by Crippen LogP contribution is -2.43. The highest BCUT2D eigenvalue weighted by molar-refractivity contribution is 5.09. The molecule has 2 rings (SSSR count). The van der Waals surface area contributed by atoms with Crippen LogP contribution in [0.15, 0.2) is 0 Å². The van der Waals surface area contributed by atoms with Gasteiger partial charge < -0.3 is 10.3 Å². The van der Waals surface area contributed by atoms with Gasteiger partial charge in [0.1, 0.15) is 5.82 Å². The minimum Gasteiger partial charge on any atom is -0.319 e. The largest absolute Gasteiger partial charge is 0.319 e. The zero-order chi connectivity index (χ0) is 11.1. The molecule has 1 fully saturated rings. The van der Waals surface area contributed by atoms with Crippen LogP contribution < -0.4 is 5.73 Å². The number of aryl methyl sites for hydroxylation is 1. The van der Waals surface area contributed by atoms with E-state index in [9.17, 15) is 0 Å². The van der Waals surface area contributed by atoms with Crippen LogP contribution in [0.3, 0.4) is 0 Å². The molecular weight excluding hydrogens is 188 g/mol. The molecule has 2 atom stereocenters. The Morgan fingerprint density at radius 3 is 2.73 bits per heavy atom. The second-order valence-corrected chi connectivity index (χ2v) is 4.99. The molecule has 1 saturated carbocycles. The topological polar surface area (TPSA) is 56.7 Å². The molecule has 2 N–H and O–H groups in total. The molecule has 1 aliphatic rings. The summed E-state index contributed by atoms with van der Waals surface area (Å²) < 4.78 is 2.03.